The van der Waals surface area contributed by atoms with Crippen LogP contribution >= 0.6 is 15.9 Å². The first-order valence-corrected chi connectivity index (χ1v) is 4.22. The largest absolute Gasteiger partial charge is 0.300 e. The van der Waals surface area contributed by atoms with E-state index in [2.05, 4.69) is 22.9 Å². The third-order valence-corrected chi connectivity index (χ3v) is 2.36. The smallest absolute Gasteiger partial charge is 0.129 e. The number of carbonyl (C=O) groups excluding carboxylic acids is 1. The van der Waals surface area contributed by atoms with Gasteiger partial charge in [-0.3, -0.25) is 0 Å². The van der Waals surface area contributed by atoms with Gasteiger partial charge in [0.15, 0.2) is 0 Å². The van der Waals surface area contributed by atoms with E-state index in [1.807, 2.05) is 0 Å². The highest BCUT2D eigenvalue weighted by Crippen LogP contribution is 2.11. The van der Waals surface area contributed by atoms with Gasteiger partial charge in [-0.1, -0.05) is 22.9 Å². The fourth-order valence-electron chi connectivity index (χ4n) is 0.564. The summed E-state index contributed by atoms with van der Waals surface area (Å²) in [6.07, 6.45) is 2.79. The quantitative estimate of drug-likeness (QED) is 0.627. The van der Waals surface area contributed by atoms with Gasteiger partial charge in [0.1, 0.15) is 5.78 Å². The van der Waals surface area contributed by atoms with Gasteiger partial charge in [-0.15, -0.1) is 0 Å². The maximum atomic E-state index is 10.4. The summed E-state index contributed by atoms with van der Waals surface area (Å²) >= 11 is 3.45. The van der Waals surface area contributed by atoms with Crippen LogP contribution in [-0.2, 0) is 4.79 Å². The van der Waals surface area contributed by atoms with Crippen LogP contribution < -0.4 is 0 Å². The molecule has 0 aliphatic rings. The van der Waals surface area contributed by atoms with Gasteiger partial charge in [0.25, 0.3) is 0 Å². The Morgan fingerprint density at radius 2 is 2.22 bits per heavy atom. The SMILES string of the molecule is CCC(Br)CCC(C)=O. The first-order chi connectivity index (χ1) is 4.16. The highest BCUT2D eigenvalue weighted by atomic mass is 79.9. The van der Waals surface area contributed by atoms with E-state index >= 15 is 0 Å². The summed E-state index contributed by atoms with van der Waals surface area (Å²) in [6.45, 7) is 3.74. The summed E-state index contributed by atoms with van der Waals surface area (Å²) in [6, 6.07) is 0. The lowest BCUT2D eigenvalue weighted by molar-refractivity contribution is -0.117. The van der Waals surface area contributed by atoms with E-state index in [4.69, 9.17) is 0 Å². The highest BCUT2D eigenvalue weighted by Gasteiger charge is 2.01. The van der Waals surface area contributed by atoms with Gasteiger partial charge in [0.05, 0.1) is 0 Å². The van der Waals surface area contributed by atoms with Crippen molar-refractivity contribution in [2.75, 3.05) is 0 Å². The van der Waals surface area contributed by atoms with Crippen molar-refractivity contribution in [1.82, 2.24) is 0 Å². The maximum absolute atomic E-state index is 10.4. The lowest BCUT2D eigenvalue weighted by Gasteiger charge is -2.02. The van der Waals surface area contributed by atoms with Crippen molar-refractivity contribution in [3.8, 4) is 0 Å². The van der Waals surface area contributed by atoms with Crippen LogP contribution in [0, 0.1) is 0 Å². The Kier molecular flexibility index (Phi) is 5.06. The molecule has 0 aliphatic carbocycles. The monoisotopic (exact) mass is 192 g/mol. The molecule has 0 aromatic rings. The molecule has 0 saturated heterocycles. The standard InChI is InChI=1S/C7H13BrO/c1-3-7(8)5-4-6(2)9/h7H,3-5H2,1-2H3. The fraction of sp³-hybridized carbons (Fsp3) is 0.857. The highest BCUT2D eigenvalue weighted by molar-refractivity contribution is 9.09. The van der Waals surface area contributed by atoms with Crippen molar-refractivity contribution in [2.45, 2.75) is 37.9 Å². The maximum Gasteiger partial charge on any atom is 0.129 e. The second kappa shape index (κ2) is 4.98. The van der Waals surface area contributed by atoms with Crippen LogP contribution in [0.3, 0.4) is 0 Å². The Labute approximate surface area is 65.0 Å². The molecule has 0 amide bonds. The van der Waals surface area contributed by atoms with E-state index in [1.165, 1.54) is 0 Å². The lowest BCUT2D eigenvalue weighted by atomic mass is 10.1. The fourth-order valence-corrected chi connectivity index (χ4v) is 0.793. The molecule has 0 bridgehead atoms. The molecule has 0 fully saturated rings. The number of ketones is 1. The molecule has 1 atom stereocenters. The average molecular weight is 193 g/mol. The van der Waals surface area contributed by atoms with E-state index in [-0.39, 0.29) is 5.78 Å². The second-order valence-corrected chi connectivity index (χ2v) is 3.54. The summed E-state index contributed by atoms with van der Waals surface area (Å²) in [4.78, 5) is 11.0. The molecule has 0 saturated carbocycles. The van der Waals surface area contributed by atoms with Gasteiger partial charge in [0.2, 0.25) is 0 Å². The summed E-state index contributed by atoms with van der Waals surface area (Å²) in [7, 11) is 0. The number of rotatable bonds is 4. The van der Waals surface area contributed by atoms with Crippen molar-refractivity contribution in [3.05, 3.63) is 0 Å². The molecular weight excluding hydrogens is 180 g/mol. The van der Waals surface area contributed by atoms with Crippen molar-refractivity contribution >= 4 is 21.7 Å². The van der Waals surface area contributed by atoms with Gasteiger partial charge in [-0.25, -0.2) is 0 Å². The Morgan fingerprint density at radius 3 is 2.56 bits per heavy atom. The molecule has 9 heavy (non-hydrogen) atoms. The van der Waals surface area contributed by atoms with Gasteiger partial charge in [-0.05, 0) is 19.8 Å². The Balaban J connectivity index is 3.16. The second-order valence-electron chi connectivity index (χ2n) is 2.25. The average Bonchev–Trinajstić information content (AvgIpc) is 1.83. The molecule has 0 radical (unpaired) electrons. The number of carbonyl (C=O) groups is 1. The number of alkyl halides is 1. The molecule has 1 nitrogen and oxygen atoms in total. The van der Waals surface area contributed by atoms with Crippen molar-refractivity contribution in [2.24, 2.45) is 0 Å². The summed E-state index contributed by atoms with van der Waals surface area (Å²) < 4.78 is 0. The molecule has 0 N–H and O–H groups in total. The first kappa shape index (κ1) is 9.15. The van der Waals surface area contributed by atoms with Crippen molar-refractivity contribution < 1.29 is 4.79 Å². The molecule has 0 aliphatic heterocycles. The van der Waals surface area contributed by atoms with Gasteiger partial charge >= 0.3 is 0 Å². The zero-order chi connectivity index (χ0) is 7.28. The predicted molar refractivity (Wildman–Crippen MR) is 42.9 cm³/mol. The third-order valence-electron chi connectivity index (χ3n) is 1.25. The first-order valence-electron chi connectivity index (χ1n) is 3.30. The summed E-state index contributed by atoms with van der Waals surface area (Å²) in [5, 5.41) is 0. The Morgan fingerprint density at radius 1 is 1.67 bits per heavy atom. The number of Topliss-reactive ketones (excluding diaryl/α,β-unsaturated/α-hetero) is 1. The van der Waals surface area contributed by atoms with Crippen LogP contribution in [0.5, 0.6) is 0 Å². The van der Waals surface area contributed by atoms with Crippen LogP contribution in [0.2, 0.25) is 0 Å². The molecule has 2 heteroatoms. The third kappa shape index (κ3) is 6.03. The number of hydrogen-bond acceptors (Lipinski definition) is 1. The summed E-state index contributed by atoms with van der Waals surface area (Å²) in [5.41, 5.74) is 0. The minimum Gasteiger partial charge on any atom is -0.300 e. The van der Waals surface area contributed by atoms with E-state index in [9.17, 15) is 4.79 Å². The van der Waals surface area contributed by atoms with Crippen LogP contribution in [0.15, 0.2) is 0 Å². The lowest BCUT2D eigenvalue weighted by Crippen LogP contribution is -1.98. The van der Waals surface area contributed by atoms with E-state index in [0.717, 1.165) is 12.8 Å². The molecule has 0 spiro atoms. The van der Waals surface area contributed by atoms with Gasteiger partial charge in [-0.2, -0.15) is 0 Å². The molecule has 0 rings (SSSR count). The van der Waals surface area contributed by atoms with E-state index in [0.29, 0.717) is 11.2 Å². The minimum absolute atomic E-state index is 0.285. The normalized spacial score (nSPS) is 13.2. The molecule has 1 unspecified atom stereocenters. The zero-order valence-corrected chi connectivity index (χ0v) is 7.57. The van der Waals surface area contributed by atoms with E-state index in [1.54, 1.807) is 6.92 Å². The number of halogens is 1. The van der Waals surface area contributed by atoms with Crippen LogP contribution in [0.4, 0.5) is 0 Å². The number of hydrogen-bond donors (Lipinski definition) is 0. The predicted octanol–water partition coefficient (Wildman–Crippen LogP) is 2.53. The van der Waals surface area contributed by atoms with Gasteiger partial charge in [0, 0.05) is 11.2 Å². The van der Waals surface area contributed by atoms with Crippen LogP contribution in [0.1, 0.15) is 33.1 Å². The Hall–Kier alpha value is 0.150. The minimum atomic E-state index is 0.285. The zero-order valence-electron chi connectivity index (χ0n) is 5.98. The van der Waals surface area contributed by atoms with E-state index < -0.39 is 0 Å². The van der Waals surface area contributed by atoms with Crippen molar-refractivity contribution in [1.29, 1.82) is 0 Å². The topological polar surface area (TPSA) is 17.1 Å². The molecular formula is C7H13BrO. The molecule has 0 aromatic carbocycles. The molecule has 0 aromatic heterocycles. The Bertz CT molecular complexity index is 90.9. The van der Waals surface area contributed by atoms with Crippen LogP contribution in [-0.4, -0.2) is 10.6 Å². The molecule has 54 valence electrons. The van der Waals surface area contributed by atoms with Crippen LogP contribution in [0.25, 0.3) is 0 Å². The van der Waals surface area contributed by atoms with Gasteiger partial charge < -0.3 is 4.79 Å². The summed E-state index contributed by atoms with van der Waals surface area (Å²) in [5.74, 6) is 0.285. The molecule has 0 heterocycles. The van der Waals surface area contributed by atoms with Crippen molar-refractivity contribution in [3.63, 3.8) is 0 Å².